The van der Waals surface area contributed by atoms with Crippen molar-refractivity contribution < 1.29 is 28.5 Å². The van der Waals surface area contributed by atoms with Crippen molar-refractivity contribution in [2.24, 2.45) is 5.92 Å². The van der Waals surface area contributed by atoms with Gasteiger partial charge in [0.15, 0.2) is 18.1 Å². The van der Waals surface area contributed by atoms with Gasteiger partial charge in [0.25, 0.3) is 5.91 Å². The quantitative estimate of drug-likeness (QED) is 0.588. The van der Waals surface area contributed by atoms with Crippen LogP contribution in [0, 0.1) is 5.92 Å². The molecular weight excluding hydrogens is 436 g/mol. The number of para-hydroxylation sites is 1. The molecule has 2 N–H and O–H groups in total. The summed E-state index contributed by atoms with van der Waals surface area (Å²) in [5, 5.41) is 5.92. The molecule has 8 heteroatoms. The fraction of sp³-hybridized carbons (Fsp3) is 0.462. The molecule has 2 heterocycles. The van der Waals surface area contributed by atoms with E-state index in [0.29, 0.717) is 25.5 Å². The molecule has 1 unspecified atom stereocenters. The van der Waals surface area contributed by atoms with Crippen LogP contribution >= 0.6 is 0 Å². The van der Waals surface area contributed by atoms with Gasteiger partial charge in [-0.05, 0) is 48.6 Å². The SMILES string of the molecule is CC(C)C(NC(=O)COc1ccccc1)C(=O)NCC1(c2ccc3c(c2)OCO3)CCOCC1. The molecule has 8 nitrogen and oxygen atoms in total. The van der Waals surface area contributed by atoms with E-state index < -0.39 is 6.04 Å². The Morgan fingerprint density at radius 1 is 1.03 bits per heavy atom. The zero-order valence-corrected chi connectivity index (χ0v) is 19.7. The Bertz CT molecular complexity index is 988. The van der Waals surface area contributed by atoms with Crippen LogP contribution in [-0.2, 0) is 19.7 Å². The third kappa shape index (κ3) is 5.62. The van der Waals surface area contributed by atoms with Crippen LogP contribution in [0.5, 0.6) is 17.2 Å². The highest BCUT2D eigenvalue weighted by molar-refractivity contribution is 5.88. The van der Waals surface area contributed by atoms with Crippen LogP contribution in [0.15, 0.2) is 48.5 Å². The van der Waals surface area contributed by atoms with Crippen LogP contribution in [-0.4, -0.2) is 51.0 Å². The molecule has 2 aliphatic heterocycles. The number of amides is 2. The van der Waals surface area contributed by atoms with Crippen molar-refractivity contribution >= 4 is 11.8 Å². The highest BCUT2D eigenvalue weighted by Crippen LogP contribution is 2.40. The summed E-state index contributed by atoms with van der Waals surface area (Å²) in [5.74, 6) is 1.42. The second kappa shape index (κ2) is 10.8. The van der Waals surface area contributed by atoms with Gasteiger partial charge in [0.2, 0.25) is 12.7 Å². The summed E-state index contributed by atoms with van der Waals surface area (Å²) in [6.45, 7) is 5.55. The molecule has 0 radical (unpaired) electrons. The Labute approximate surface area is 199 Å². The van der Waals surface area contributed by atoms with Gasteiger partial charge in [-0.25, -0.2) is 0 Å². The van der Waals surface area contributed by atoms with E-state index in [1.165, 1.54) is 0 Å². The van der Waals surface area contributed by atoms with Crippen LogP contribution in [0.3, 0.4) is 0 Å². The number of ether oxygens (including phenoxy) is 4. The van der Waals surface area contributed by atoms with E-state index in [9.17, 15) is 9.59 Å². The van der Waals surface area contributed by atoms with Gasteiger partial charge in [0.1, 0.15) is 11.8 Å². The van der Waals surface area contributed by atoms with Gasteiger partial charge < -0.3 is 29.6 Å². The maximum atomic E-state index is 13.2. The van der Waals surface area contributed by atoms with Gasteiger partial charge in [-0.2, -0.15) is 0 Å². The summed E-state index contributed by atoms with van der Waals surface area (Å²) in [4.78, 5) is 25.6. The molecule has 2 aromatic rings. The third-order valence-electron chi connectivity index (χ3n) is 6.41. The molecule has 34 heavy (non-hydrogen) atoms. The second-order valence-corrected chi connectivity index (χ2v) is 9.07. The highest BCUT2D eigenvalue weighted by atomic mass is 16.7. The summed E-state index contributed by atoms with van der Waals surface area (Å²) < 4.78 is 22.1. The highest BCUT2D eigenvalue weighted by Gasteiger charge is 2.37. The Morgan fingerprint density at radius 3 is 2.50 bits per heavy atom. The Balaban J connectivity index is 1.39. The number of rotatable bonds is 9. The van der Waals surface area contributed by atoms with Crippen LogP contribution < -0.4 is 24.8 Å². The average molecular weight is 469 g/mol. The fourth-order valence-corrected chi connectivity index (χ4v) is 4.34. The minimum Gasteiger partial charge on any atom is -0.484 e. The fourth-order valence-electron chi connectivity index (χ4n) is 4.34. The van der Waals surface area contributed by atoms with E-state index in [0.717, 1.165) is 29.9 Å². The number of benzene rings is 2. The van der Waals surface area contributed by atoms with Crippen LogP contribution in [0.25, 0.3) is 0 Å². The molecule has 0 spiro atoms. The van der Waals surface area contributed by atoms with Gasteiger partial charge in [0.05, 0.1) is 0 Å². The van der Waals surface area contributed by atoms with Crippen molar-refractivity contribution in [2.75, 3.05) is 33.2 Å². The van der Waals surface area contributed by atoms with E-state index in [-0.39, 0.29) is 36.5 Å². The Kier molecular flexibility index (Phi) is 7.57. The van der Waals surface area contributed by atoms with E-state index in [1.807, 2.05) is 50.2 Å². The molecule has 0 bridgehead atoms. The molecule has 2 aliphatic rings. The predicted molar refractivity (Wildman–Crippen MR) is 126 cm³/mol. The van der Waals surface area contributed by atoms with Gasteiger partial charge in [-0.15, -0.1) is 0 Å². The molecule has 0 saturated carbocycles. The first kappa shape index (κ1) is 23.9. The molecule has 2 aromatic carbocycles. The van der Waals surface area contributed by atoms with Gasteiger partial charge in [0, 0.05) is 25.2 Å². The number of hydrogen-bond donors (Lipinski definition) is 2. The summed E-state index contributed by atoms with van der Waals surface area (Å²) >= 11 is 0. The maximum Gasteiger partial charge on any atom is 0.258 e. The van der Waals surface area contributed by atoms with E-state index in [1.54, 1.807) is 12.1 Å². The first-order chi connectivity index (χ1) is 16.5. The first-order valence-electron chi connectivity index (χ1n) is 11.7. The molecule has 1 atom stereocenters. The second-order valence-electron chi connectivity index (χ2n) is 9.07. The van der Waals surface area contributed by atoms with E-state index >= 15 is 0 Å². The topological polar surface area (TPSA) is 95.1 Å². The monoisotopic (exact) mass is 468 g/mol. The minimum absolute atomic E-state index is 0.0862. The van der Waals surface area contributed by atoms with E-state index in [4.69, 9.17) is 18.9 Å². The average Bonchev–Trinajstić information content (AvgIpc) is 3.34. The molecule has 0 aliphatic carbocycles. The molecular formula is C26H32N2O6. The number of carbonyl (C=O) groups is 2. The van der Waals surface area contributed by atoms with Crippen molar-refractivity contribution in [2.45, 2.75) is 38.1 Å². The molecule has 182 valence electrons. The maximum absolute atomic E-state index is 13.2. The van der Waals surface area contributed by atoms with E-state index in [2.05, 4.69) is 10.6 Å². The van der Waals surface area contributed by atoms with Crippen LogP contribution in [0.2, 0.25) is 0 Å². The summed E-state index contributed by atoms with van der Waals surface area (Å²) in [6.07, 6.45) is 1.55. The number of hydrogen-bond acceptors (Lipinski definition) is 6. The van der Waals surface area contributed by atoms with Crippen LogP contribution in [0.4, 0.5) is 0 Å². The number of nitrogens with one attached hydrogen (secondary N) is 2. The minimum atomic E-state index is -0.666. The lowest BCUT2D eigenvalue weighted by atomic mass is 9.74. The van der Waals surface area contributed by atoms with Crippen molar-refractivity contribution in [3.63, 3.8) is 0 Å². The van der Waals surface area contributed by atoms with Crippen LogP contribution in [0.1, 0.15) is 32.3 Å². The first-order valence-corrected chi connectivity index (χ1v) is 11.7. The lowest BCUT2D eigenvalue weighted by Gasteiger charge is -2.38. The molecule has 4 rings (SSSR count). The lowest BCUT2D eigenvalue weighted by Crippen LogP contribution is -2.53. The summed E-state index contributed by atoms with van der Waals surface area (Å²) in [7, 11) is 0. The molecule has 0 aromatic heterocycles. The zero-order chi connectivity index (χ0) is 24.0. The number of carbonyl (C=O) groups excluding carboxylic acids is 2. The van der Waals surface area contributed by atoms with Crippen molar-refractivity contribution in [1.29, 1.82) is 0 Å². The third-order valence-corrected chi connectivity index (χ3v) is 6.41. The van der Waals surface area contributed by atoms with Gasteiger partial charge >= 0.3 is 0 Å². The van der Waals surface area contributed by atoms with Crippen molar-refractivity contribution in [1.82, 2.24) is 10.6 Å². The summed E-state index contributed by atoms with van der Waals surface area (Å²) in [6, 6.07) is 14.4. The molecule has 2 amide bonds. The van der Waals surface area contributed by atoms with Gasteiger partial charge in [-0.1, -0.05) is 38.1 Å². The smallest absolute Gasteiger partial charge is 0.258 e. The molecule has 1 saturated heterocycles. The molecule has 1 fully saturated rings. The predicted octanol–water partition coefficient (Wildman–Crippen LogP) is 2.80. The Hall–Kier alpha value is -3.26. The van der Waals surface area contributed by atoms with Gasteiger partial charge in [-0.3, -0.25) is 9.59 Å². The lowest BCUT2D eigenvalue weighted by molar-refractivity contribution is -0.131. The van der Waals surface area contributed by atoms with Crippen molar-refractivity contribution in [3.8, 4) is 17.2 Å². The normalized spacial score (nSPS) is 17.1. The summed E-state index contributed by atoms with van der Waals surface area (Å²) in [5.41, 5.74) is 0.804. The standard InChI is InChI=1S/C26H32N2O6/c1-18(2)24(28-23(29)15-32-20-6-4-3-5-7-20)25(30)27-16-26(10-12-31-13-11-26)19-8-9-21-22(14-19)34-17-33-21/h3-9,14,18,24H,10-13,15-17H2,1-2H3,(H,27,30)(H,28,29). The Morgan fingerprint density at radius 2 is 1.76 bits per heavy atom. The zero-order valence-electron chi connectivity index (χ0n) is 19.7. The van der Waals surface area contributed by atoms with Crippen molar-refractivity contribution in [3.05, 3.63) is 54.1 Å². The number of fused-ring (bicyclic) bond motifs is 1. The largest absolute Gasteiger partial charge is 0.484 e.